The average Bonchev–Trinajstić information content (AvgIpc) is 3.17. The van der Waals surface area contributed by atoms with Crippen molar-refractivity contribution in [2.24, 2.45) is 0 Å². The third-order valence-corrected chi connectivity index (χ3v) is 6.95. The van der Waals surface area contributed by atoms with Gasteiger partial charge in [0.1, 0.15) is 34.3 Å². The average molecular weight is 555 g/mol. The predicted octanol–water partition coefficient (Wildman–Crippen LogP) is 5.70. The van der Waals surface area contributed by atoms with E-state index in [1.807, 2.05) is 0 Å². The molecular formula is C23H18Cl3N3O5S. The maximum Gasteiger partial charge on any atom is 0.340 e. The first kappa shape index (κ1) is 25.1. The van der Waals surface area contributed by atoms with E-state index in [1.54, 1.807) is 41.8 Å². The lowest BCUT2D eigenvalue weighted by Gasteiger charge is -2.11. The highest BCUT2D eigenvalue weighted by Crippen LogP contribution is 2.33. The van der Waals surface area contributed by atoms with E-state index in [0.29, 0.717) is 27.7 Å². The fourth-order valence-corrected chi connectivity index (χ4v) is 5.12. The zero-order valence-corrected chi connectivity index (χ0v) is 21.2. The third-order valence-electron chi connectivity index (χ3n) is 4.76. The number of nitrogens with one attached hydrogen (secondary N) is 1. The van der Waals surface area contributed by atoms with Crippen LogP contribution in [0.15, 0.2) is 65.7 Å². The summed E-state index contributed by atoms with van der Waals surface area (Å²) in [5.74, 6) is 0.0513. The molecule has 4 aromatic rings. The molecule has 0 unspecified atom stereocenters. The zero-order chi connectivity index (χ0) is 25.2. The van der Waals surface area contributed by atoms with Gasteiger partial charge in [-0.2, -0.15) is 8.42 Å². The molecule has 0 aliphatic carbocycles. The van der Waals surface area contributed by atoms with E-state index in [-0.39, 0.29) is 33.8 Å². The molecule has 0 bridgehead atoms. The molecule has 2 aromatic carbocycles. The van der Waals surface area contributed by atoms with Crippen LogP contribution in [0.1, 0.15) is 6.92 Å². The van der Waals surface area contributed by atoms with E-state index >= 15 is 0 Å². The van der Waals surface area contributed by atoms with Crippen LogP contribution in [-0.2, 0) is 19.6 Å². The second kappa shape index (κ2) is 10.3. The van der Waals surface area contributed by atoms with E-state index in [1.165, 1.54) is 30.3 Å². The van der Waals surface area contributed by atoms with Gasteiger partial charge in [-0.3, -0.25) is 9.20 Å². The first-order valence-electron chi connectivity index (χ1n) is 10.2. The summed E-state index contributed by atoms with van der Waals surface area (Å²) in [7, 11) is -4.27. The standard InChI is InChI=1S/C23H18Cl3N3O5S/c1-2-33-21(30)12-27-23-22(28-20-9-7-16(25)13-29(20)23)14-4-3-5-17(10-14)34-35(31,32)19-11-15(24)6-8-18(19)26/h3-11,13,27H,2,12H2,1H3. The molecule has 8 nitrogen and oxygen atoms in total. The van der Waals surface area contributed by atoms with E-state index in [0.717, 1.165) is 0 Å². The minimum absolute atomic E-state index is 0.0202. The van der Waals surface area contributed by atoms with Crippen LogP contribution in [0.3, 0.4) is 0 Å². The highest BCUT2D eigenvalue weighted by Gasteiger charge is 2.22. The van der Waals surface area contributed by atoms with Gasteiger partial charge in [-0.25, -0.2) is 4.98 Å². The van der Waals surface area contributed by atoms with Crippen molar-refractivity contribution in [3.05, 3.63) is 75.9 Å². The number of imidazole rings is 1. The number of halogens is 3. The molecule has 0 saturated carbocycles. The van der Waals surface area contributed by atoms with Crippen LogP contribution in [-0.4, -0.2) is 36.9 Å². The maximum atomic E-state index is 12.8. The van der Waals surface area contributed by atoms with Gasteiger partial charge in [0.2, 0.25) is 0 Å². The van der Waals surface area contributed by atoms with Gasteiger partial charge in [0, 0.05) is 16.8 Å². The van der Waals surface area contributed by atoms with Gasteiger partial charge in [0.25, 0.3) is 0 Å². The Kier molecular flexibility index (Phi) is 7.42. The molecule has 0 saturated heterocycles. The summed E-state index contributed by atoms with van der Waals surface area (Å²) in [6, 6.07) is 13.8. The number of hydrogen-bond acceptors (Lipinski definition) is 7. The van der Waals surface area contributed by atoms with E-state index in [4.69, 9.17) is 43.7 Å². The topological polar surface area (TPSA) is 99.0 Å². The van der Waals surface area contributed by atoms with Crippen molar-refractivity contribution in [2.45, 2.75) is 11.8 Å². The second-order valence-corrected chi connectivity index (χ2v) is 9.98. The Balaban J connectivity index is 1.72. The summed E-state index contributed by atoms with van der Waals surface area (Å²) >= 11 is 18.1. The van der Waals surface area contributed by atoms with Crippen LogP contribution >= 0.6 is 34.8 Å². The Bertz CT molecular complexity index is 1520. The lowest BCUT2D eigenvalue weighted by atomic mass is 10.1. The largest absolute Gasteiger partial charge is 0.465 e. The molecule has 4 rings (SSSR count). The minimum Gasteiger partial charge on any atom is -0.465 e. The minimum atomic E-state index is -4.27. The van der Waals surface area contributed by atoms with Crippen LogP contribution in [0.25, 0.3) is 16.9 Å². The van der Waals surface area contributed by atoms with E-state index in [2.05, 4.69) is 10.3 Å². The van der Waals surface area contributed by atoms with Gasteiger partial charge >= 0.3 is 16.1 Å². The number of esters is 1. The molecule has 0 amide bonds. The fraction of sp³-hybridized carbons (Fsp3) is 0.130. The van der Waals surface area contributed by atoms with Gasteiger partial charge in [0.15, 0.2) is 0 Å². The summed E-state index contributed by atoms with van der Waals surface area (Å²) in [5, 5.41) is 3.67. The number of ether oxygens (including phenoxy) is 1. The second-order valence-electron chi connectivity index (χ2n) is 7.18. The van der Waals surface area contributed by atoms with Crippen molar-refractivity contribution < 1.29 is 22.1 Å². The van der Waals surface area contributed by atoms with E-state index < -0.39 is 16.1 Å². The van der Waals surface area contributed by atoms with Crippen molar-refractivity contribution in [3.63, 3.8) is 0 Å². The SMILES string of the molecule is CCOC(=O)CNc1c(-c2cccc(OS(=O)(=O)c3cc(Cl)ccc3Cl)c2)nc2ccc(Cl)cn12. The Morgan fingerprint density at radius 1 is 1.06 bits per heavy atom. The molecule has 1 N–H and O–H groups in total. The highest BCUT2D eigenvalue weighted by atomic mass is 35.5. The number of carbonyl (C=O) groups is 1. The van der Waals surface area contributed by atoms with Gasteiger partial charge in [-0.1, -0.05) is 46.9 Å². The molecule has 0 spiro atoms. The number of hydrogen-bond donors (Lipinski definition) is 1. The molecule has 0 aliphatic heterocycles. The smallest absolute Gasteiger partial charge is 0.340 e. The zero-order valence-electron chi connectivity index (χ0n) is 18.2. The molecule has 0 fully saturated rings. The van der Waals surface area contributed by atoms with Gasteiger partial charge in [0.05, 0.1) is 16.7 Å². The maximum absolute atomic E-state index is 12.8. The van der Waals surface area contributed by atoms with Gasteiger partial charge < -0.3 is 14.2 Å². The molecular weight excluding hydrogens is 537 g/mol. The van der Waals surface area contributed by atoms with Crippen molar-refractivity contribution in [3.8, 4) is 17.0 Å². The first-order chi connectivity index (χ1) is 16.7. The third kappa shape index (κ3) is 5.65. The monoisotopic (exact) mass is 553 g/mol. The van der Waals surface area contributed by atoms with Crippen LogP contribution < -0.4 is 9.50 Å². The summed E-state index contributed by atoms with van der Waals surface area (Å²) in [6.07, 6.45) is 1.65. The summed E-state index contributed by atoms with van der Waals surface area (Å²) < 4.78 is 37.7. The number of aromatic nitrogens is 2. The number of rotatable bonds is 8. The molecule has 2 aromatic heterocycles. The Morgan fingerprint density at radius 3 is 2.60 bits per heavy atom. The normalized spacial score (nSPS) is 11.4. The van der Waals surface area contributed by atoms with Crippen LogP contribution in [0.5, 0.6) is 5.75 Å². The summed E-state index contributed by atoms with van der Waals surface area (Å²) in [5.41, 5.74) is 1.53. The molecule has 182 valence electrons. The number of pyridine rings is 1. The lowest BCUT2D eigenvalue weighted by molar-refractivity contribution is -0.140. The van der Waals surface area contributed by atoms with Crippen molar-refractivity contribution >= 4 is 62.4 Å². The molecule has 2 heterocycles. The quantitative estimate of drug-likeness (QED) is 0.220. The van der Waals surface area contributed by atoms with Gasteiger partial charge in [-0.15, -0.1) is 0 Å². The number of anilines is 1. The number of fused-ring (bicyclic) bond motifs is 1. The number of carbonyl (C=O) groups excluding carboxylic acids is 1. The summed E-state index contributed by atoms with van der Waals surface area (Å²) in [6.45, 7) is 1.85. The molecule has 0 aliphatic rings. The van der Waals surface area contributed by atoms with Crippen LogP contribution in [0.2, 0.25) is 15.1 Å². The summed E-state index contributed by atoms with van der Waals surface area (Å²) in [4.78, 5) is 16.3. The predicted molar refractivity (Wildman–Crippen MR) is 135 cm³/mol. The fourth-order valence-electron chi connectivity index (χ4n) is 3.29. The molecule has 12 heteroatoms. The van der Waals surface area contributed by atoms with Crippen molar-refractivity contribution in [1.29, 1.82) is 0 Å². The van der Waals surface area contributed by atoms with Crippen molar-refractivity contribution in [1.82, 2.24) is 9.38 Å². The van der Waals surface area contributed by atoms with Gasteiger partial charge in [-0.05, 0) is 49.4 Å². The molecule has 0 radical (unpaired) electrons. The first-order valence-corrected chi connectivity index (χ1v) is 12.8. The van der Waals surface area contributed by atoms with Crippen molar-refractivity contribution in [2.75, 3.05) is 18.5 Å². The molecule has 35 heavy (non-hydrogen) atoms. The highest BCUT2D eigenvalue weighted by molar-refractivity contribution is 7.87. The van der Waals surface area contributed by atoms with E-state index in [9.17, 15) is 13.2 Å². The lowest BCUT2D eigenvalue weighted by Crippen LogP contribution is -2.17. The Hall–Kier alpha value is -2.98. The van der Waals surface area contributed by atoms with Crippen LogP contribution in [0, 0.1) is 0 Å². The van der Waals surface area contributed by atoms with Crippen LogP contribution in [0.4, 0.5) is 5.82 Å². The number of nitrogens with zero attached hydrogens (tertiary/aromatic N) is 2. The number of benzene rings is 2. The Morgan fingerprint density at radius 2 is 1.83 bits per heavy atom. The Labute approximate surface area is 216 Å². The molecule has 0 atom stereocenters.